The number of carbonyl (C=O) groups excluding carboxylic acids is 1. The molecule has 0 atom stereocenters. The fraction of sp³-hybridized carbons (Fsp3) is 0.500. The third-order valence-corrected chi connectivity index (χ3v) is 4.63. The van der Waals surface area contributed by atoms with Crippen LogP contribution in [0.2, 0.25) is 0 Å². The van der Waals surface area contributed by atoms with Gasteiger partial charge in [0.1, 0.15) is 0 Å². The fourth-order valence-corrected chi connectivity index (χ4v) is 2.81. The number of likely N-dealkylation sites (N-methyl/N-ethyl adjacent to an activating group) is 1. The number of sulfonamides is 1. The van der Waals surface area contributed by atoms with Crippen LogP contribution in [0.25, 0.3) is 0 Å². The Balaban J connectivity index is 2.45. The highest BCUT2D eigenvalue weighted by Gasteiger charge is 2.22. The van der Waals surface area contributed by atoms with Crippen LogP contribution in [0.15, 0.2) is 35.2 Å². The quantitative estimate of drug-likeness (QED) is 0.686. The molecule has 21 heavy (non-hydrogen) atoms. The van der Waals surface area contributed by atoms with Crippen LogP contribution in [-0.4, -0.2) is 52.0 Å². The first-order valence-electron chi connectivity index (χ1n) is 6.84. The number of hydrogen-bond acceptors (Lipinski definition) is 4. The van der Waals surface area contributed by atoms with E-state index in [0.717, 1.165) is 4.31 Å². The first kappa shape index (κ1) is 17.6. The maximum Gasteiger partial charge on any atom is 0.243 e. The van der Waals surface area contributed by atoms with Crippen LogP contribution < -0.4 is 5.32 Å². The lowest BCUT2D eigenvalue weighted by molar-refractivity contribution is -0.121. The fourth-order valence-electron chi connectivity index (χ4n) is 1.66. The molecule has 1 N–H and O–H groups in total. The summed E-state index contributed by atoms with van der Waals surface area (Å²) in [5, 5.41) is 2.67. The number of benzene rings is 1. The molecule has 6 nitrogen and oxygen atoms in total. The number of rotatable bonds is 9. The molecule has 0 bridgehead atoms. The molecule has 0 unspecified atom stereocenters. The molecule has 1 aromatic carbocycles. The molecule has 0 heterocycles. The van der Waals surface area contributed by atoms with Crippen molar-refractivity contribution >= 4 is 15.9 Å². The second-order valence-electron chi connectivity index (χ2n) is 4.47. The van der Waals surface area contributed by atoms with Crippen LogP contribution in [0.3, 0.4) is 0 Å². The molecule has 118 valence electrons. The molecule has 1 aromatic rings. The van der Waals surface area contributed by atoms with Crippen molar-refractivity contribution in [1.29, 1.82) is 0 Å². The van der Waals surface area contributed by atoms with Crippen molar-refractivity contribution in [3.63, 3.8) is 0 Å². The molecule has 0 aliphatic rings. The maximum absolute atomic E-state index is 12.2. The van der Waals surface area contributed by atoms with Gasteiger partial charge in [0.05, 0.1) is 11.4 Å². The molecule has 7 heteroatoms. The van der Waals surface area contributed by atoms with E-state index in [-0.39, 0.29) is 17.3 Å². The summed E-state index contributed by atoms with van der Waals surface area (Å²) < 4.78 is 30.6. The number of ether oxygens (including phenoxy) is 1. The predicted molar refractivity (Wildman–Crippen MR) is 80.4 cm³/mol. The van der Waals surface area contributed by atoms with Gasteiger partial charge in [-0.3, -0.25) is 4.79 Å². The summed E-state index contributed by atoms with van der Waals surface area (Å²) in [4.78, 5) is 11.9. The summed E-state index contributed by atoms with van der Waals surface area (Å²) in [6, 6.07) is 8.05. The summed E-state index contributed by atoms with van der Waals surface area (Å²) in [5.74, 6) is -0.325. The van der Waals surface area contributed by atoms with Gasteiger partial charge in [-0.05, 0) is 25.5 Å². The normalized spacial score (nSPS) is 11.6. The van der Waals surface area contributed by atoms with Crippen molar-refractivity contribution in [1.82, 2.24) is 9.62 Å². The topological polar surface area (TPSA) is 75.7 Å². The molecule has 0 aromatic heterocycles. The maximum atomic E-state index is 12.2. The molecular weight excluding hydrogens is 292 g/mol. The lowest BCUT2D eigenvalue weighted by Crippen LogP contribution is -2.38. The van der Waals surface area contributed by atoms with Gasteiger partial charge in [-0.15, -0.1) is 0 Å². The van der Waals surface area contributed by atoms with Gasteiger partial charge in [0.25, 0.3) is 0 Å². The van der Waals surface area contributed by atoms with E-state index in [4.69, 9.17) is 4.74 Å². The minimum absolute atomic E-state index is 0.177. The molecular formula is C14H22N2O4S. The summed E-state index contributed by atoms with van der Waals surface area (Å²) in [7, 11) is -2.23. The van der Waals surface area contributed by atoms with Gasteiger partial charge in [-0.25, -0.2) is 8.42 Å². The first-order chi connectivity index (χ1) is 9.98. The molecule has 0 saturated heterocycles. The number of hydrogen-bond donors (Lipinski definition) is 1. The Morgan fingerprint density at radius 2 is 1.95 bits per heavy atom. The largest absolute Gasteiger partial charge is 0.382 e. The van der Waals surface area contributed by atoms with Crippen LogP contribution in [0.5, 0.6) is 0 Å². The van der Waals surface area contributed by atoms with E-state index in [1.54, 1.807) is 18.2 Å². The Morgan fingerprint density at radius 1 is 1.29 bits per heavy atom. The lowest BCUT2D eigenvalue weighted by atomic mass is 10.4. The highest BCUT2D eigenvalue weighted by atomic mass is 32.2. The average molecular weight is 314 g/mol. The smallest absolute Gasteiger partial charge is 0.243 e. The third-order valence-electron chi connectivity index (χ3n) is 2.81. The van der Waals surface area contributed by atoms with E-state index in [9.17, 15) is 13.2 Å². The van der Waals surface area contributed by atoms with E-state index in [1.807, 2.05) is 6.92 Å². The summed E-state index contributed by atoms with van der Waals surface area (Å²) in [5.41, 5.74) is 0. The molecule has 0 spiro atoms. The minimum Gasteiger partial charge on any atom is -0.382 e. The van der Waals surface area contributed by atoms with Crippen LogP contribution in [0.4, 0.5) is 0 Å². The van der Waals surface area contributed by atoms with Crippen molar-refractivity contribution in [2.24, 2.45) is 0 Å². The highest BCUT2D eigenvalue weighted by Crippen LogP contribution is 2.12. The Bertz CT molecular complexity index is 531. The van der Waals surface area contributed by atoms with Gasteiger partial charge in [0.2, 0.25) is 15.9 Å². The monoisotopic (exact) mass is 314 g/mol. The SMILES string of the molecule is CCOCCCNC(=O)CN(C)S(=O)(=O)c1ccccc1. The zero-order valence-electron chi connectivity index (χ0n) is 12.4. The van der Waals surface area contributed by atoms with Crippen molar-refractivity contribution in [2.45, 2.75) is 18.2 Å². The molecule has 0 saturated carbocycles. The first-order valence-corrected chi connectivity index (χ1v) is 8.28. The number of carbonyl (C=O) groups is 1. The second kappa shape index (κ2) is 8.76. The molecule has 1 rings (SSSR count). The van der Waals surface area contributed by atoms with Gasteiger partial charge < -0.3 is 10.1 Å². The van der Waals surface area contributed by atoms with Gasteiger partial charge in [-0.2, -0.15) is 4.31 Å². The van der Waals surface area contributed by atoms with E-state index in [0.29, 0.717) is 26.2 Å². The van der Waals surface area contributed by atoms with Gasteiger partial charge >= 0.3 is 0 Å². The van der Waals surface area contributed by atoms with Crippen LogP contribution in [0.1, 0.15) is 13.3 Å². The van der Waals surface area contributed by atoms with Crippen molar-refractivity contribution < 1.29 is 17.9 Å². The number of nitrogens with zero attached hydrogens (tertiary/aromatic N) is 1. The molecule has 0 radical (unpaired) electrons. The van der Waals surface area contributed by atoms with E-state index >= 15 is 0 Å². The average Bonchev–Trinajstić information content (AvgIpc) is 2.47. The molecule has 0 fully saturated rings. The second-order valence-corrected chi connectivity index (χ2v) is 6.52. The van der Waals surface area contributed by atoms with Gasteiger partial charge in [0.15, 0.2) is 0 Å². The van der Waals surface area contributed by atoms with Crippen molar-refractivity contribution in [3.8, 4) is 0 Å². The van der Waals surface area contributed by atoms with Crippen LogP contribution in [-0.2, 0) is 19.6 Å². The molecule has 0 aliphatic heterocycles. The zero-order chi connectivity index (χ0) is 15.7. The Labute approximate surface area is 126 Å². The van der Waals surface area contributed by atoms with E-state index in [2.05, 4.69) is 5.32 Å². The summed E-state index contributed by atoms with van der Waals surface area (Å²) in [6.07, 6.45) is 0.703. The molecule has 1 amide bonds. The Hall–Kier alpha value is -1.44. The number of nitrogens with one attached hydrogen (secondary N) is 1. The number of amides is 1. The highest BCUT2D eigenvalue weighted by molar-refractivity contribution is 7.89. The van der Waals surface area contributed by atoms with E-state index < -0.39 is 10.0 Å². The van der Waals surface area contributed by atoms with Crippen LogP contribution >= 0.6 is 0 Å². The lowest BCUT2D eigenvalue weighted by Gasteiger charge is -2.16. The van der Waals surface area contributed by atoms with E-state index in [1.165, 1.54) is 19.2 Å². The Morgan fingerprint density at radius 3 is 2.57 bits per heavy atom. The van der Waals surface area contributed by atoms with Crippen molar-refractivity contribution in [2.75, 3.05) is 33.4 Å². The Kier molecular flexibility index (Phi) is 7.35. The summed E-state index contributed by atoms with van der Waals surface area (Å²) in [6.45, 7) is 3.40. The van der Waals surface area contributed by atoms with Crippen LogP contribution in [0, 0.1) is 0 Å². The van der Waals surface area contributed by atoms with Crippen molar-refractivity contribution in [3.05, 3.63) is 30.3 Å². The predicted octanol–water partition coefficient (Wildman–Crippen LogP) is 0.850. The minimum atomic E-state index is -3.63. The third kappa shape index (κ3) is 5.82. The summed E-state index contributed by atoms with van der Waals surface area (Å²) >= 11 is 0. The standard InChI is InChI=1S/C14H22N2O4S/c1-3-20-11-7-10-15-14(17)12-16(2)21(18,19)13-8-5-4-6-9-13/h4-6,8-9H,3,7,10-12H2,1-2H3,(H,15,17). The zero-order valence-corrected chi connectivity index (χ0v) is 13.2. The van der Waals surface area contributed by atoms with Gasteiger partial charge in [0, 0.05) is 26.8 Å². The van der Waals surface area contributed by atoms with Gasteiger partial charge in [-0.1, -0.05) is 18.2 Å². The molecule has 0 aliphatic carbocycles.